The molecule has 25 heavy (non-hydrogen) atoms. The molecule has 1 aromatic heterocycles. The highest BCUT2D eigenvalue weighted by Crippen LogP contribution is 2.35. The van der Waals surface area contributed by atoms with E-state index < -0.39 is 47.1 Å². The molecule has 2 heterocycles. The van der Waals surface area contributed by atoms with Crippen molar-refractivity contribution in [1.29, 1.82) is 0 Å². The summed E-state index contributed by atoms with van der Waals surface area (Å²) in [5.41, 5.74) is -2.30. The predicted octanol–water partition coefficient (Wildman–Crippen LogP) is 1.77. The monoisotopic (exact) mass is 358 g/mol. The average molecular weight is 358 g/mol. The van der Waals surface area contributed by atoms with Gasteiger partial charge in [-0.3, -0.25) is 14.3 Å². The lowest BCUT2D eigenvalue weighted by molar-refractivity contribution is -0.135. The van der Waals surface area contributed by atoms with Gasteiger partial charge in [0.1, 0.15) is 12.2 Å². The highest BCUT2D eigenvalue weighted by Gasteiger charge is 2.49. The second-order valence-corrected chi connectivity index (χ2v) is 8.15. The number of hydrogen-bond acceptors (Lipinski definition) is 5. The molecule has 0 saturated carbocycles. The topological polar surface area (TPSA) is 82.5 Å². The maximum atomic E-state index is 15.1. The van der Waals surface area contributed by atoms with Crippen molar-refractivity contribution in [2.24, 2.45) is 0 Å². The Morgan fingerprint density at radius 1 is 1.20 bits per heavy atom. The fourth-order valence-electron chi connectivity index (χ4n) is 2.56. The average Bonchev–Trinajstić information content (AvgIpc) is 2.72. The molecule has 0 aromatic carbocycles. The van der Waals surface area contributed by atoms with Crippen molar-refractivity contribution in [1.82, 2.24) is 9.55 Å². The van der Waals surface area contributed by atoms with Gasteiger partial charge in [-0.25, -0.2) is 9.18 Å². The smallest absolute Gasteiger partial charge is 0.330 e. The fourth-order valence-corrected chi connectivity index (χ4v) is 2.56. The number of hydrogen-bond donors (Lipinski definition) is 1. The maximum absolute atomic E-state index is 15.1. The zero-order valence-corrected chi connectivity index (χ0v) is 15.5. The largest absolute Gasteiger partial charge is 0.373 e. The lowest BCUT2D eigenvalue weighted by Crippen LogP contribution is -2.42. The van der Waals surface area contributed by atoms with E-state index in [9.17, 15) is 9.59 Å². The molecule has 1 unspecified atom stereocenters. The molecular weight excluding hydrogens is 331 g/mol. The van der Waals surface area contributed by atoms with Crippen molar-refractivity contribution in [3.8, 4) is 0 Å². The van der Waals surface area contributed by atoms with Gasteiger partial charge < -0.3 is 14.2 Å². The van der Waals surface area contributed by atoms with Gasteiger partial charge in [-0.15, -0.1) is 0 Å². The van der Waals surface area contributed by atoms with Gasteiger partial charge in [0.05, 0.1) is 17.8 Å². The first-order valence-corrected chi connectivity index (χ1v) is 8.30. The summed E-state index contributed by atoms with van der Waals surface area (Å²) in [6, 6.07) is 1.15. The summed E-state index contributed by atoms with van der Waals surface area (Å²) in [6.07, 6.45) is -3.13. The normalized spacial score (nSPS) is 27.6. The summed E-state index contributed by atoms with van der Waals surface area (Å²) in [5, 5.41) is 0. The van der Waals surface area contributed by atoms with Crippen molar-refractivity contribution in [2.75, 3.05) is 6.61 Å². The van der Waals surface area contributed by atoms with Crippen molar-refractivity contribution >= 4 is 0 Å². The molecule has 1 aliphatic heterocycles. The Morgan fingerprint density at radius 3 is 2.36 bits per heavy atom. The number of aromatic nitrogens is 2. The number of ether oxygens (including phenoxy) is 3. The van der Waals surface area contributed by atoms with E-state index in [4.69, 9.17) is 14.2 Å². The van der Waals surface area contributed by atoms with Crippen LogP contribution in [0.15, 0.2) is 21.9 Å². The van der Waals surface area contributed by atoms with Crippen LogP contribution in [-0.4, -0.2) is 45.7 Å². The Morgan fingerprint density at radius 2 is 1.84 bits per heavy atom. The SMILES string of the molecule is CC(C)(C)OC[C@H]1O[C@@H](n2ccc(=O)[nH]c2=O)[C@H](F)C1OC(C)(C)C. The molecule has 1 saturated heterocycles. The highest BCUT2D eigenvalue weighted by molar-refractivity contribution is 4.95. The van der Waals surface area contributed by atoms with E-state index in [0.717, 1.165) is 10.6 Å². The van der Waals surface area contributed by atoms with Crippen LogP contribution in [0.5, 0.6) is 0 Å². The van der Waals surface area contributed by atoms with Crippen LogP contribution in [0.3, 0.4) is 0 Å². The fraction of sp³-hybridized carbons (Fsp3) is 0.765. The van der Waals surface area contributed by atoms with Gasteiger partial charge in [0.25, 0.3) is 5.56 Å². The highest BCUT2D eigenvalue weighted by atomic mass is 19.1. The second kappa shape index (κ2) is 7.01. The van der Waals surface area contributed by atoms with Crippen molar-refractivity contribution in [2.45, 2.75) is 77.4 Å². The summed E-state index contributed by atoms with van der Waals surface area (Å²) < 4.78 is 33.4. The molecule has 142 valence electrons. The molecule has 8 heteroatoms. The van der Waals surface area contributed by atoms with E-state index in [1.807, 2.05) is 41.5 Å². The third-order valence-electron chi connectivity index (χ3n) is 3.56. The van der Waals surface area contributed by atoms with Gasteiger partial charge >= 0.3 is 5.69 Å². The van der Waals surface area contributed by atoms with Crippen LogP contribution < -0.4 is 11.2 Å². The molecule has 1 fully saturated rings. The third-order valence-corrected chi connectivity index (χ3v) is 3.56. The van der Waals surface area contributed by atoms with Crippen LogP contribution in [-0.2, 0) is 14.2 Å². The number of aromatic amines is 1. The minimum Gasteiger partial charge on any atom is -0.373 e. The second-order valence-electron chi connectivity index (χ2n) is 8.15. The Hall–Kier alpha value is -1.51. The summed E-state index contributed by atoms with van der Waals surface area (Å²) in [7, 11) is 0. The summed E-state index contributed by atoms with van der Waals surface area (Å²) in [6.45, 7) is 11.2. The molecular formula is C17H27FN2O5. The van der Waals surface area contributed by atoms with Crippen molar-refractivity contribution in [3.63, 3.8) is 0 Å². The van der Waals surface area contributed by atoms with Crippen LogP contribution in [0, 0.1) is 0 Å². The molecule has 0 spiro atoms. The first-order valence-electron chi connectivity index (χ1n) is 8.30. The zero-order chi connectivity index (χ0) is 19.0. The molecule has 1 aliphatic rings. The third kappa shape index (κ3) is 5.23. The van der Waals surface area contributed by atoms with Gasteiger partial charge in [0, 0.05) is 12.3 Å². The van der Waals surface area contributed by atoms with E-state index >= 15 is 4.39 Å². The van der Waals surface area contributed by atoms with Gasteiger partial charge in [-0.2, -0.15) is 0 Å². The van der Waals surface area contributed by atoms with Crippen molar-refractivity contribution in [3.05, 3.63) is 33.1 Å². The Kier molecular flexibility index (Phi) is 5.56. The minimum absolute atomic E-state index is 0.124. The van der Waals surface area contributed by atoms with E-state index in [1.165, 1.54) is 6.20 Å². The van der Waals surface area contributed by atoms with Crippen LogP contribution in [0.25, 0.3) is 0 Å². The van der Waals surface area contributed by atoms with Crippen LogP contribution in [0.4, 0.5) is 4.39 Å². The molecule has 4 atom stereocenters. The lowest BCUT2D eigenvalue weighted by atomic mass is 10.1. The van der Waals surface area contributed by atoms with E-state index in [2.05, 4.69) is 4.98 Å². The first-order chi connectivity index (χ1) is 11.4. The molecule has 1 N–H and O–H groups in total. The first kappa shape index (κ1) is 19.8. The minimum atomic E-state index is -1.59. The summed E-state index contributed by atoms with van der Waals surface area (Å²) >= 11 is 0. The van der Waals surface area contributed by atoms with E-state index in [0.29, 0.717) is 0 Å². The van der Waals surface area contributed by atoms with Crippen LogP contribution >= 0.6 is 0 Å². The molecule has 2 rings (SSSR count). The Bertz CT molecular complexity index is 700. The summed E-state index contributed by atoms with van der Waals surface area (Å²) in [5.74, 6) is 0. The quantitative estimate of drug-likeness (QED) is 0.887. The van der Waals surface area contributed by atoms with E-state index in [1.54, 1.807) is 0 Å². The molecule has 0 radical (unpaired) electrons. The van der Waals surface area contributed by atoms with E-state index in [-0.39, 0.29) is 6.61 Å². The maximum Gasteiger partial charge on any atom is 0.330 e. The Labute approximate surface area is 146 Å². The number of halogens is 1. The standard InChI is InChI=1S/C17H27FN2O5/c1-16(2,3)23-9-10-13(25-17(4,5)6)12(18)14(24-10)20-8-7-11(21)19-15(20)22/h7-8,10,12-14H,9H2,1-6H3,(H,19,21,22)/t10-,12-,13?,14-/m1/s1. The molecule has 0 bridgehead atoms. The molecule has 0 aliphatic carbocycles. The Balaban J connectivity index is 2.28. The number of rotatable bonds is 4. The molecule has 0 amide bonds. The predicted molar refractivity (Wildman–Crippen MR) is 90.5 cm³/mol. The summed E-state index contributed by atoms with van der Waals surface area (Å²) in [4.78, 5) is 25.3. The van der Waals surface area contributed by atoms with Gasteiger partial charge in [-0.05, 0) is 41.5 Å². The van der Waals surface area contributed by atoms with Crippen LogP contribution in [0.2, 0.25) is 0 Å². The lowest BCUT2D eigenvalue weighted by Gasteiger charge is -2.30. The zero-order valence-electron chi connectivity index (χ0n) is 15.5. The van der Waals surface area contributed by atoms with Crippen LogP contribution in [0.1, 0.15) is 47.8 Å². The van der Waals surface area contributed by atoms with Crippen molar-refractivity contribution < 1.29 is 18.6 Å². The number of nitrogens with zero attached hydrogens (tertiary/aromatic N) is 1. The molecule has 1 aromatic rings. The van der Waals surface area contributed by atoms with Gasteiger partial charge in [-0.1, -0.05) is 0 Å². The van der Waals surface area contributed by atoms with Gasteiger partial charge in [0.15, 0.2) is 12.4 Å². The number of H-pyrrole nitrogens is 1. The number of nitrogens with one attached hydrogen (secondary N) is 1. The number of alkyl halides is 1. The van der Waals surface area contributed by atoms with Gasteiger partial charge in [0.2, 0.25) is 0 Å². The molecule has 7 nitrogen and oxygen atoms in total.